The van der Waals surface area contributed by atoms with E-state index in [4.69, 9.17) is 16.3 Å². The zero-order valence-electron chi connectivity index (χ0n) is 10.3. The number of aliphatic imine (C=N–C) groups is 1. The number of esters is 1. The summed E-state index contributed by atoms with van der Waals surface area (Å²) in [6.45, 7) is 0. The molecule has 2 heterocycles. The van der Waals surface area contributed by atoms with Gasteiger partial charge in [-0.05, 0) is 35.9 Å². The van der Waals surface area contributed by atoms with E-state index in [0.717, 1.165) is 5.56 Å². The second-order valence-corrected chi connectivity index (χ2v) is 4.50. The smallest absolute Gasteiger partial charge is 0.363 e. The predicted octanol–water partition coefficient (Wildman–Crippen LogP) is 3.08. The third-order valence-electron chi connectivity index (χ3n) is 2.73. The monoisotopic (exact) mass is 284 g/mol. The van der Waals surface area contributed by atoms with E-state index in [2.05, 4.69) is 9.98 Å². The standard InChI is InChI=1S/C15H9ClN2O2/c16-12-4-2-1-3-11(12)14-18-13(15(19)20-14)9-10-5-7-17-8-6-10/h1-9H/b13-9+. The fourth-order valence-electron chi connectivity index (χ4n) is 1.78. The van der Waals surface area contributed by atoms with Gasteiger partial charge >= 0.3 is 5.97 Å². The van der Waals surface area contributed by atoms with Gasteiger partial charge in [-0.25, -0.2) is 9.79 Å². The van der Waals surface area contributed by atoms with Crippen molar-refractivity contribution in [2.75, 3.05) is 0 Å². The Balaban J connectivity index is 1.98. The number of cyclic esters (lactones) is 1. The van der Waals surface area contributed by atoms with E-state index >= 15 is 0 Å². The number of halogens is 1. The highest BCUT2D eigenvalue weighted by atomic mass is 35.5. The van der Waals surface area contributed by atoms with Gasteiger partial charge in [-0.3, -0.25) is 4.98 Å². The number of hydrogen-bond acceptors (Lipinski definition) is 4. The van der Waals surface area contributed by atoms with E-state index < -0.39 is 5.97 Å². The molecule has 1 aliphatic heterocycles. The number of rotatable bonds is 2. The van der Waals surface area contributed by atoms with Crippen molar-refractivity contribution in [3.8, 4) is 0 Å². The molecule has 0 amide bonds. The summed E-state index contributed by atoms with van der Waals surface area (Å²) in [6, 6.07) is 10.6. The van der Waals surface area contributed by atoms with Gasteiger partial charge in [-0.1, -0.05) is 23.7 Å². The molecule has 0 spiro atoms. The molecule has 1 aromatic heterocycles. The Bertz CT molecular complexity index is 724. The number of aromatic nitrogens is 1. The van der Waals surface area contributed by atoms with Crippen LogP contribution < -0.4 is 0 Å². The average molecular weight is 285 g/mol. The zero-order chi connectivity index (χ0) is 13.9. The third kappa shape index (κ3) is 2.46. The predicted molar refractivity (Wildman–Crippen MR) is 76.3 cm³/mol. The van der Waals surface area contributed by atoms with Crippen molar-refractivity contribution in [1.29, 1.82) is 0 Å². The summed E-state index contributed by atoms with van der Waals surface area (Å²) in [5.41, 5.74) is 1.67. The number of benzene rings is 1. The molecule has 98 valence electrons. The minimum Gasteiger partial charge on any atom is -0.402 e. The van der Waals surface area contributed by atoms with Crippen LogP contribution in [0.5, 0.6) is 0 Å². The SMILES string of the molecule is O=C1OC(c2ccccc2Cl)=N/C1=C/c1ccncc1. The van der Waals surface area contributed by atoms with Crippen molar-refractivity contribution in [3.63, 3.8) is 0 Å². The molecule has 0 atom stereocenters. The molecule has 0 aliphatic carbocycles. The van der Waals surface area contributed by atoms with Gasteiger partial charge < -0.3 is 4.74 Å². The van der Waals surface area contributed by atoms with Gasteiger partial charge in [0.15, 0.2) is 5.70 Å². The lowest BCUT2D eigenvalue weighted by atomic mass is 10.2. The Morgan fingerprint density at radius 2 is 1.85 bits per heavy atom. The zero-order valence-corrected chi connectivity index (χ0v) is 11.0. The van der Waals surface area contributed by atoms with Crippen LogP contribution in [-0.2, 0) is 9.53 Å². The van der Waals surface area contributed by atoms with Crippen molar-refractivity contribution in [2.45, 2.75) is 0 Å². The number of nitrogens with zero attached hydrogens (tertiary/aromatic N) is 2. The first-order valence-electron chi connectivity index (χ1n) is 5.91. The Morgan fingerprint density at radius 3 is 2.60 bits per heavy atom. The van der Waals surface area contributed by atoms with Gasteiger partial charge in [0.2, 0.25) is 5.90 Å². The molecule has 2 aromatic rings. The first-order valence-corrected chi connectivity index (χ1v) is 6.29. The van der Waals surface area contributed by atoms with Crippen molar-refractivity contribution in [1.82, 2.24) is 4.98 Å². The molecule has 0 N–H and O–H groups in total. The minimum absolute atomic E-state index is 0.223. The maximum Gasteiger partial charge on any atom is 0.363 e. The Labute approximate surface area is 120 Å². The topological polar surface area (TPSA) is 51.5 Å². The highest BCUT2D eigenvalue weighted by Gasteiger charge is 2.25. The Kier molecular flexibility index (Phi) is 3.31. The summed E-state index contributed by atoms with van der Waals surface area (Å²) in [6.07, 6.45) is 4.94. The first kappa shape index (κ1) is 12.6. The largest absolute Gasteiger partial charge is 0.402 e. The lowest BCUT2D eigenvalue weighted by Crippen LogP contribution is -2.05. The molecule has 0 bridgehead atoms. The Morgan fingerprint density at radius 1 is 1.10 bits per heavy atom. The van der Waals surface area contributed by atoms with Crippen LogP contribution >= 0.6 is 11.6 Å². The number of hydrogen-bond donors (Lipinski definition) is 0. The summed E-state index contributed by atoms with van der Waals surface area (Å²) in [5, 5.41) is 0.490. The molecule has 1 aliphatic rings. The second kappa shape index (κ2) is 5.27. The van der Waals surface area contributed by atoms with Crippen molar-refractivity contribution < 1.29 is 9.53 Å². The van der Waals surface area contributed by atoms with Gasteiger partial charge in [0, 0.05) is 12.4 Å². The van der Waals surface area contributed by atoms with E-state index in [1.165, 1.54) is 0 Å². The lowest BCUT2D eigenvalue weighted by Gasteiger charge is -2.00. The van der Waals surface area contributed by atoms with Gasteiger partial charge in [-0.2, -0.15) is 0 Å². The highest BCUT2D eigenvalue weighted by molar-refractivity contribution is 6.34. The van der Waals surface area contributed by atoms with Crippen LogP contribution in [0.2, 0.25) is 5.02 Å². The van der Waals surface area contributed by atoms with Gasteiger partial charge in [-0.15, -0.1) is 0 Å². The quantitative estimate of drug-likeness (QED) is 0.629. The van der Waals surface area contributed by atoms with Crippen molar-refractivity contribution in [2.24, 2.45) is 4.99 Å². The lowest BCUT2D eigenvalue weighted by molar-refractivity contribution is -0.129. The molecule has 5 heteroatoms. The van der Waals surface area contributed by atoms with E-state index in [1.54, 1.807) is 48.8 Å². The molecule has 1 aromatic carbocycles. The summed E-state index contributed by atoms with van der Waals surface area (Å²) < 4.78 is 5.16. The second-order valence-electron chi connectivity index (χ2n) is 4.10. The molecule has 3 rings (SSSR count). The molecule has 0 saturated heterocycles. The summed E-state index contributed by atoms with van der Waals surface area (Å²) >= 11 is 6.06. The molecule has 0 fully saturated rings. The van der Waals surface area contributed by atoms with Crippen LogP contribution in [0, 0.1) is 0 Å². The van der Waals surface area contributed by atoms with Crippen LogP contribution in [0.15, 0.2) is 59.5 Å². The normalized spacial score (nSPS) is 16.1. The fraction of sp³-hybridized carbons (Fsp3) is 0. The number of carbonyl (C=O) groups excluding carboxylic acids is 1. The van der Waals surface area contributed by atoms with E-state index in [0.29, 0.717) is 10.6 Å². The van der Waals surface area contributed by atoms with E-state index in [1.807, 2.05) is 6.07 Å². The van der Waals surface area contributed by atoms with Gasteiger partial charge in [0.05, 0.1) is 10.6 Å². The maximum absolute atomic E-state index is 11.8. The third-order valence-corrected chi connectivity index (χ3v) is 3.06. The van der Waals surface area contributed by atoms with Gasteiger partial charge in [0.1, 0.15) is 0 Å². The molecular formula is C15H9ClN2O2. The minimum atomic E-state index is -0.489. The number of pyridine rings is 1. The Hall–Kier alpha value is -2.46. The number of carbonyl (C=O) groups is 1. The molecule has 0 unspecified atom stereocenters. The fourth-order valence-corrected chi connectivity index (χ4v) is 1.99. The first-order chi connectivity index (χ1) is 9.74. The summed E-state index contributed by atoms with van der Waals surface area (Å²) in [5.74, 6) is -0.266. The summed E-state index contributed by atoms with van der Waals surface area (Å²) in [7, 11) is 0. The van der Waals surface area contributed by atoms with Crippen molar-refractivity contribution in [3.05, 3.63) is 70.6 Å². The van der Waals surface area contributed by atoms with Gasteiger partial charge in [0.25, 0.3) is 0 Å². The number of ether oxygens (including phenoxy) is 1. The van der Waals surface area contributed by atoms with Crippen LogP contribution in [0.4, 0.5) is 0 Å². The van der Waals surface area contributed by atoms with E-state index in [-0.39, 0.29) is 11.6 Å². The molecule has 0 saturated carbocycles. The van der Waals surface area contributed by atoms with E-state index in [9.17, 15) is 4.79 Å². The summed E-state index contributed by atoms with van der Waals surface area (Å²) in [4.78, 5) is 19.9. The van der Waals surface area contributed by atoms with Crippen LogP contribution in [0.3, 0.4) is 0 Å². The van der Waals surface area contributed by atoms with Crippen LogP contribution in [-0.4, -0.2) is 16.9 Å². The molecule has 0 radical (unpaired) electrons. The van der Waals surface area contributed by atoms with Crippen LogP contribution in [0.1, 0.15) is 11.1 Å². The van der Waals surface area contributed by atoms with Crippen molar-refractivity contribution >= 4 is 29.5 Å². The highest BCUT2D eigenvalue weighted by Crippen LogP contribution is 2.23. The van der Waals surface area contributed by atoms with Crippen LogP contribution in [0.25, 0.3) is 6.08 Å². The molecular weight excluding hydrogens is 276 g/mol. The molecule has 20 heavy (non-hydrogen) atoms. The molecule has 4 nitrogen and oxygen atoms in total. The maximum atomic E-state index is 11.8. The average Bonchev–Trinajstić information content (AvgIpc) is 2.81.